The smallest absolute Gasteiger partial charge is 0.379 e. The van der Waals surface area contributed by atoms with Crippen LogP contribution in [0, 0.1) is 5.92 Å². The van der Waals surface area contributed by atoms with Crippen LogP contribution < -0.4 is 5.32 Å². The van der Waals surface area contributed by atoms with Gasteiger partial charge < -0.3 is 10.1 Å². The van der Waals surface area contributed by atoms with Gasteiger partial charge >= 0.3 is 6.18 Å². The van der Waals surface area contributed by atoms with Crippen LogP contribution in [0.3, 0.4) is 0 Å². The topological polar surface area (TPSA) is 47.0 Å². The van der Waals surface area contributed by atoms with Crippen LogP contribution in [0.2, 0.25) is 0 Å². The van der Waals surface area contributed by atoms with Gasteiger partial charge in [-0.1, -0.05) is 13.8 Å². The van der Waals surface area contributed by atoms with Gasteiger partial charge in [-0.25, -0.2) is 0 Å². The Balaban J connectivity index is 2.31. The Morgan fingerprint density at radius 1 is 1.28 bits per heavy atom. The summed E-state index contributed by atoms with van der Waals surface area (Å²) in [4.78, 5) is 0. The molecule has 1 aromatic heterocycles. The molecule has 0 aromatic carbocycles. The SMILES string of the molecule is CC(C)COCCNc1ccc(C(F)(F)F)nn1. The van der Waals surface area contributed by atoms with Crippen LogP contribution in [0.1, 0.15) is 19.5 Å². The number of anilines is 1. The van der Waals surface area contributed by atoms with Crippen molar-refractivity contribution < 1.29 is 17.9 Å². The molecule has 0 aliphatic rings. The maximum atomic E-state index is 12.2. The molecule has 1 N–H and O–H groups in total. The number of nitrogens with one attached hydrogen (secondary N) is 1. The summed E-state index contributed by atoms with van der Waals surface area (Å²) in [6.45, 7) is 5.68. The van der Waals surface area contributed by atoms with Gasteiger partial charge in [0.25, 0.3) is 0 Å². The van der Waals surface area contributed by atoms with Crippen LogP contribution in [0.25, 0.3) is 0 Å². The van der Waals surface area contributed by atoms with Gasteiger partial charge in [-0.05, 0) is 18.1 Å². The largest absolute Gasteiger partial charge is 0.435 e. The second-order valence-electron chi connectivity index (χ2n) is 4.20. The molecule has 0 bridgehead atoms. The lowest BCUT2D eigenvalue weighted by Crippen LogP contribution is -2.14. The van der Waals surface area contributed by atoms with Gasteiger partial charge in [0.1, 0.15) is 5.82 Å². The molecule has 0 spiro atoms. The Morgan fingerprint density at radius 2 is 2.00 bits per heavy atom. The van der Waals surface area contributed by atoms with Gasteiger partial charge in [0.2, 0.25) is 0 Å². The predicted molar refractivity (Wildman–Crippen MR) is 61.2 cm³/mol. The van der Waals surface area contributed by atoms with E-state index < -0.39 is 11.9 Å². The fraction of sp³-hybridized carbons (Fsp3) is 0.636. The zero-order chi connectivity index (χ0) is 13.6. The molecule has 0 saturated heterocycles. The van der Waals surface area contributed by atoms with Gasteiger partial charge in [-0.15, -0.1) is 10.2 Å². The number of hydrogen-bond acceptors (Lipinski definition) is 4. The van der Waals surface area contributed by atoms with Gasteiger partial charge in [0.05, 0.1) is 6.61 Å². The molecule has 0 atom stereocenters. The summed E-state index contributed by atoms with van der Waals surface area (Å²) < 4.78 is 41.9. The van der Waals surface area contributed by atoms with Crippen molar-refractivity contribution in [2.45, 2.75) is 20.0 Å². The molecule has 7 heteroatoms. The Hall–Kier alpha value is -1.37. The molecule has 0 aliphatic carbocycles. The number of halogens is 3. The Kier molecular flexibility index (Phi) is 5.33. The van der Waals surface area contributed by atoms with Crippen molar-refractivity contribution in [1.29, 1.82) is 0 Å². The monoisotopic (exact) mass is 263 g/mol. The molecular weight excluding hydrogens is 247 g/mol. The highest BCUT2D eigenvalue weighted by molar-refractivity contribution is 5.33. The van der Waals surface area contributed by atoms with Crippen LogP contribution in [0.4, 0.5) is 19.0 Å². The molecule has 0 aliphatic heterocycles. The minimum Gasteiger partial charge on any atom is -0.379 e. The van der Waals surface area contributed by atoms with Crippen molar-refractivity contribution in [3.05, 3.63) is 17.8 Å². The molecule has 1 rings (SSSR count). The molecule has 0 amide bonds. The van der Waals surface area contributed by atoms with Gasteiger partial charge in [0.15, 0.2) is 5.69 Å². The Morgan fingerprint density at radius 3 is 2.50 bits per heavy atom. The molecule has 102 valence electrons. The van der Waals surface area contributed by atoms with Crippen LogP contribution in [-0.4, -0.2) is 30.0 Å². The molecule has 0 saturated carbocycles. The third-order valence-electron chi connectivity index (χ3n) is 1.96. The van der Waals surface area contributed by atoms with Crippen LogP contribution in [0.5, 0.6) is 0 Å². The van der Waals surface area contributed by atoms with E-state index in [-0.39, 0.29) is 0 Å². The standard InChI is InChI=1S/C11H16F3N3O/c1-8(2)7-18-6-5-15-10-4-3-9(16-17-10)11(12,13)14/h3-4,8H,5-7H2,1-2H3,(H,15,17). The lowest BCUT2D eigenvalue weighted by Gasteiger charge is -2.09. The van der Waals surface area contributed by atoms with Crippen molar-refractivity contribution in [3.8, 4) is 0 Å². The number of nitrogens with zero attached hydrogens (tertiary/aromatic N) is 2. The van der Waals surface area contributed by atoms with E-state index in [1.54, 1.807) is 0 Å². The van der Waals surface area contributed by atoms with Gasteiger partial charge in [-0.2, -0.15) is 13.2 Å². The van der Waals surface area contributed by atoms with Crippen LogP contribution in [0.15, 0.2) is 12.1 Å². The summed E-state index contributed by atoms with van der Waals surface area (Å²) in [6, 6.07) is 2.14. The van der Waals surface area contributed by atoms with Gasteiger partial charge in [0, 0.05) is 13.2 Å². The minimum atomic E-state index is -4.45. The first kappa shape index (κ1) is 14.7. The summed E-state index contributed by atoms with van der Waals surface area (Å²) in [6.07, 6.45) is -4.45. The van der Waals surface area contributed by atoms with Crippen molar-refractivity contribution in [2.75, 3.05) is 25.1 Å². The lowest BCUT2D eigenvalue weighted by atomic mass is 10.2. The molecule has 0 fully saturated rings. The average molecular weight is 263 g/mol. The van der Waals surface area contributed by atoms with Crippen molar-refractivity contribution in [2.24, 2.45) is 5.92 Å². The van der Waals surface area contributed by atoms with Crippen LogP contribution in [-0.2, 0) is 10.9 Å². The van der Waals surface area contributed by atoms with E-state index in [1.807, 2.05) is 13.8 Å². The van der Waals surface area contributed by atoms with E-state index in [4.69, 9.17) is 4.74 Å². The third-order valence-corrected chi connectivity index (χ3v) is 1.96. The van der Waals surface area contributed by atoms with Crippen molar-refractivity contribution in [1.82, 2.24) is 10.2 Å². The Labute approximate surface area is 104 Å². The van der Waals surface area contributed by atoms with Crippen LogP contribution >= 0.6 is 0 Å². The maximum Gasteiger partial charge on any atom is 0.435 e. The van der Waals surface area contributed by atoms with E-state index in [2.05, 4.69) is 15.5 Å². The van der Waals surface area contributed by atoms with Gasteiger partial charge in [-0.3, -0.25) is 0 Å². The quantitative estimate of drug-likeness (QED) is 0.801. The first-order chi connectivity index (χ1) is 8.39. The average Bonchev–Trinajstić information content (AvgIpc) is 2.27. The van der Waals surface area contributed by atoms with E-state index in [1.165, 1.54) is 6.07 Å². The first-order valence-electron chi connectivity index (χ1n) is 5.62. The maximum absolute atomic E-state index is 12.2. The minimum absolute atomic E-state index is 0.302. The van der Waals surface area contributed by atoms with Crippen molar-refractivity contribution in [3.63, 3.8) is 0 Å². The molecule has 0 radical (unpaired) electrons. The van der Waals surface area contributed by atoms with E-state index >= 15 is 0 Å². The second-order valence-corrected chi connectivity index (χ2v) is 4.20. The number of rotatable bonds is 6. The third kappa shape index (κ3) is 5.31. The summed E-state index contributed by atoms with van der Waals surface area (Å²) >= 11 is 0. The predicted octanol–water partition coefficient (Wildman–Crippen LogP) is 2.58. The molecular formula is C11H16F3N3O. The highest BCUT2D eigenvalue weighted by Gasteiger charge is 2.32. The number of alkyl halides is 3. The summed E-state index contributed by atoms with van der Waals surface area (Å²) in [5, 5.41) is 9.37. The summed E-state index contributed by atoms with van der Waals surface area (Å²) in [5.41, 5.74) is -0.996. The molecule has 18 heavy (non-hydrogen) atoms. The number of hydrogen-bond donors (Lipinski definition) is 1. The summed E-state index contributed by atoms with van der Waals surface area (Å²) in [7, 11) is 0. The normalized spacial score (nSPS) is 11.9. The highest BCUT2D eigenvalue weighted by atomic mass is 19.4. The first-order valence-corrected chi connectivity index (χ1v) is 5.62. The number of ether oxygens (including phenoxy) is 1. The lowest BCUT2D eigenvalue weighted by molar-refractivity contribution is -0.141. The number of aromatic nitrogens is 2. The fourth-order valence-electron chi connectivity index (χ4n) is 1.15. The second kappa shape index (κ2) is 6.53. The zero-order valence-electron chi connectivity index (χ0n) is 10.3. The van der Waals surface area contributed by atoms with E-state index in [0.717, 1.165) is 6.07 Å². The van der Waals surface area contributed by atoms with Crippen molar-refractivity contribution >= 4 is 5.82 Å². The molecule has 1 aromatic rings. The summed E-state index contributed by atoms with van der Waals surface area (Å²) in [5.74, 6) is 0.756. The fourth-order valence-corrected chi connectivity index (χ4v) is 1.15. The molecule has 4 nitrogen and oxygen atoms in total. The van der Waals surface area contributed by atoms with E-state index in [0.29, 0.717) is 31.5 Å². The highest BCUT2D eigenvalue weighted by Crippen LogP contribution is 2.26. The zero-order valence-corrected chi connectivity index (χ0v) is 10.3. The Bertz CT molecular complexity index is 352. The van der Waals surface area contributed by atoms with E-state index in [9.17, 15) is 13.2 Å². The molecule has 1 heterocycles. The molecule has 0 unspecified atom stereocenters.